The lowest BCUT2D eigenvalue weighted by Crippen LogP contribution is -2.37. The second kappa shape index (κ2) is 11.7. The Morgan fingerprint density at radius 1 is 1.13 bits per heavy atom. The minimum Gasteiger partial charge on any atom is -0.493 e. The molecule has 0 aliphatic carbocycles. The van der Waals surface area contributed by atoms with Crippen molar-refractivity contribution in [2.75, 3.05) is 31.6 Å². The Morgan fingerprint density at radius 2 is 1.87 bits per heavy atom. The SMILES string of the molecule is O=S(c1ccc2c(c1)c(N=NC(=S)Nc1ccccc1F)c(O)n2Cc1ccc(Cl)cc1)N1CCOCC1. The third kappa shape index (κ3) is 5.77. The van der Waals surface area contributed by atoms with Gasteiger partial charge in [-0.05, 0) is 60.2 Å². The molecule has 0 saturated carbocycles. The largest absolute Gasteiger partial charge is 0.493 e. The second-order valence-electron chi connectivity index (χ2n) is 8.46. The lowest BCUT2D eigenvalue weighted by Gasteiger charge is -2.25. The normalized spacial score (nSPS) is 15.2. The van der Waals surface area contributed by atoms with Crippen molar-refractivity contribution in [2.24, 2.45) is 10.2 Å². The summed E-state index contributed by atoms with van der Waals surface area (Å²) in [7, 11) is -1.42. The van der Waals surface area contributed by atoms with Crippen molar-refractivity contribution in [3.63, 3.8) is 0 Å². The fraction of sp³-hybridized carbons (Fsp3) is 0.192. The highest BCUT2D eigenvalue weighted by Crippen LogP contribution is 2.40. The lowest BCUT2D eigenvalue weighted by molar-refractivity contribution is 0.0752. The second-order valence-corrected chi connectivity index (χ2v) is 10.8. The number of azo groups is 1. The number of hydrogen-bond donors (Lipinski definition) is 2. The van der Waals surface area contributed by atoms with Crippen LogP contribution in [-0.2, 0) is 22.3 Å². The van der Waals surface area contributed by atoms with Crippen LogP contribution in [0, 0.1) is 5.82 Å². The minimum absolute atomic E-state index is 0.0823. The summed E-state index contributed by atoms with van der Waals surface area (Å²) in [6.07, 6.45) is 0. The highest BCUT2D eigenvalue weighted by molar-refractivity contribution is 7.82. The molecule has 0 bridgehead atoms. The van der Waals surface area contributed by atoms with Crippen LogP contribution in [0.15, 0.2) is 81.9 Å². The molecule has 1 aromatic heterocycles. The Labute approximate surface area is 231 Å². The van der Waals surface area contributed by atoms with Gasteiger partial charge in [0.25, 0.3) is 0 Å². The zero-order chi connectivity index (χ0) is 26.6. The number of thiocarbonyl (C=S) groups is 1. The molecule has 1 fully saturated rings. The van der Waals surface area contributed by atoms with E-state index in [0.717, 1.165) is 5.56 Å². The highest BCUT2D eigenvalue weighted by Gasteiger charge is 2.22. The molecule has 1 atom stereocenters. The third-order valence-electron chi connectivity index (χ3n) is 6.00. The standard InChI is InChI=1S/C26H23ClFN5O3S2/c27-18-7-5-17(6-8-18)16-33-23-10-9-19(38(35)32-11-13-36-14-12-32)15-20(23)24(25(33)34)30-31-26(37)29-22-4-2-1-3-21(22)28/h1-10,15,34H,11-14,16H2,(H,29,37). The van der Waals surface area contributed by atoms with E-state index >= 15 is 0 Å². The molecule has 4 aromatic rings. The average Bonchev–Trinajstić information content (AvgIpc) is 3.19. The number of aromatic hydroxyl groups is 1. The molecular weight excluding hydrogens is 549 g/mol. The third-order valence-corrected chi connectivity index (χ3v) is 7.92. The molecule has 2 heterocycles. The summed E-state index contributed by atoms with van der Waals surface area (Å²) in [6.45, 7) is 2.46. The number of hydrogen-bond acceptors (Lipinski definition) is 5. The van der Waals surface area contributed by atoms with Crippen LogP contribution in [0.4, 0.5) is 15.8 Å². The minimum atomic E-state index is -1.42. The molecule has 196 valence electrons. The number of anilines is 1. The number of para-hydroxylation sites is 1. The van der Waals surface area contributed by atoms with Crippen molar-refractivity contribution in [1.82, 2.24) is 8.87 Å². The summed E-state index contributed by atoms with van der Waals surface area (Å²) >= 11 is 11.3. The Bertz CT molecular complexity index is 1540. The molecule has 0 amide bonds. The van der Waals surface area contributed by atoms with Crippen LogP contribution in [0.1, 0.15) is 5.56 Å². The van der Waals surface area contributed by atoms with Crippen LogP contribution in [0.3, 0.4) is 0 Å². The Morgan fingerprint density at radius 3 is 2.61 bits per heavy atom. The number of rotatable bonds is 6. The molecular formula is C26H23ClFN5O3S2. The quantitative estimate of drug-likeness (QED) is 0.218. The van der Waals surface area contributed by atoms with Crippen LogP contribution < -0.4 is 5.32 Å². The number of halogens is 2. The van der Waals surface area contributed by atoms with E-state index in [1.54, 1.807) is 47.0 Å². The average molecular weight is 572 g/mol. The zero-order valence-corrected chi connectivity index (χ0v) is 22.4. The summed E-state index contributed by atoms with van der Waals surface area (Å²) in [6, 6.07) is 18.6. The van der Waals surface area contributed by atoms with Crippen LogP contribution in [0.5, 0.6) is 5.88 Å². The molecule has 5 rings (SSSR count). The van der Waals surface area contributed by atoms with Gasteiger partial charge in [0, 0.05) is 23.5 Å². The van der Waals surface area contributed by atoms with Crippen LogP contribution in [0.25, 0.3) is 10.9 Å². The van der Waals surface area contributed by atoms with Crippen molar-refractivity contribution >= 4 is 62.2 Å². The predicted octanol–water partition coefficient (Wildman–Crippen LogP) is 6.02. The Hall–Kier alpha value is -3.22. The maximum atomic E-state index is 14.0. The van der Waals surface area contributed by atoms with Gasteiger partial charge in [-0.25, -0.2) is 12.9 Å². The number of fused-ring (bicyclic) bond motifs is 1. The summed E-state index contributed by atoms with van der Waals surface area (Å²) in [5, 5.41) is 23.2. The van der Waals surface area contributed by atoms with E-state index in [2.05, 4.69) is 15.5 Å². The van der Waals surface area contributed by atoms with Crippen molar-refractivity contribution in [2.45, 2.75) is 11.4 Å². The molecule has 3 aromatic carbocycles. The number of benzene rings is 3. The van der Waals surface area contributed by atoms with E-state index in [-0.39, 0.29) is 22.4 Å². The summed E-state index contributed by atoms with van der Waals surface area (Å²) in [5.41, 5.74) is 1.89. The molecule has 2 N–H and O–H groups in total. The first kappa shape index (κ1) is 26.4. The molecule has 12 heteroatoms. The van der Waals surface area contributed by atoms with Crippen molar-refractivity contribution in [3.8, 4) is 5.88 Å². The van der Waals surface area contributed by atoms with E-state index in [1.165, 1.54) is 12.1 Å². The summed E-state index contributed by atoms with van der Waals surface area (Å²) < 4.78 is 36.1. The van der Waals surface area contributed by atoms with Crippen LogP contribution in [-0.4, -0.2) is 49.6 Å². The van der Waals surface area contributed by atoms with Gasteiger partial charge in [-0.15, -0.1) is 10.2 Å². The van der Waals surface area contributed by atoms with Gasteiger partial charge in [0.2, 0.25) is 11.0 Å². The first-order chi connectivity index (χ1) is 18.4. The van der Waals surface area contributed by atoms with E-state index < -0.39 is 16.8 Å². The van der Waals surface area contributed by atoms with Crippen LogP contribution >= 0.6 is 23.8 Å². The van der Waals surface area contributed by atoms with Gasteiger partial charge in [0.05, 0.1) is 35.9 Å². The van der Waals surface area contributed by atoms with E-state index in [1.807, 2.05) is 16.4 Å². The molecule has 8 nitrogen and oxygen atoms in total. The number of morpholine rings is 1. The van der Waals surface area contributed by atoms with E-state index in [9.17, 15) is 13.7 Å². The maximum Gasteiger partial charge on any atom is 0.221 e. The van der Waals surface area contributed by atoms with Crippen molar-refractivity contribution in [1.29, 1.82) is 0 Å². The summed E-state index contributed by atoms with van der Waals surface area (Å²) in [4.78, 5) is 0.562. The van der Waals surface area contributed by atoms with Gasteiger partial charge in [0.15, 0.2) is 5.69 Å². The molecule has 0 radical (unpaired) electrons. The van der Waals surface area contributed by atoms with Crippen molar-refractivity contribution < 1.29 is 18.4 Å². The maximum absolute atomic E-state index is 14.0. The van der Waals surface area contributed by atoms with Gasteiger partial charge in [-0.2, -0.15) is 0 Å². The smallest absolute Gasteiger partial charge is 0.221 e. The van der Waals surface area contributed by atoms with Gasteiger partial charge >= 0.3 is 0 Å². The number of nitrogens with one attached hydrogen (secondary N) is 1. The molecule has 38 heavy (non-hydrogen) atoms. The molecule has 1 saturated heterocycles. The molecule has 1 unspecified atom stereocenters. The first-order valence-electron chi connectivity index (χ1n) is 11.7. The zero-order valence-electron chi connectivity index (χ0n) is 20.0. The fourth-order valence-corrected chi connectivity index (χ4v) is 5.56. The Balaban J connectivity index is 1.52. The van der Waals surface area contributed by atoms with Gasteiger partial charge < -0.3 is 19.7 Å². The lowest BCUT2D eigenvalue weighted by atomic mass is 10.2. The Kier molecular flexibility index (Phi) is 8.10. The van der Waals surface area contributed by atoms with Crippen molar-refractivity contribution in [3.05, 3.63) is 83.1 Å². The predicted molar refractivity (Wildman–Crippen MR) is 150 cm³/mol. The van der Waals surface area contributed by atoms with Gasteiger partial charge in [0.1, 0.15) is 16.8 Å². The van der Waals surface area contributed by atoms with Gasteiger partial charge in [-0.1, -0.05) is 35.9 Å². The topological polar surface area (TPSA) is 91.4 Å². The summed E-state index contributed by atoms with van der Waals surface area (Å²) in [5.74, 6) is -0.621. The fourth-order valence-electron chi connectivity index (χ4n) is 4.10. The number of ether oxygens (including phenoxy) is 1. The first-order valence-corrected chi connectivity index (χ1v) is 13.6. The molecule has 1 aliphatic rings. The molecule has 0 spiro atoms. The highest BCUT2D eigenvalue weighted by atomic mass is 35.5. The van der Waals surface area contributed by atoms with E-state index in [0.29, 0.717) is 53.7 Å². The number of nitrogens with zero attached hydrogens (tertiary/aromatic N) is 4. The van der Waals surface area contributed by atoms with Gasteiger partial charge in [-0.3, -0.25) is 0 Å². The number of aromatic nitrogens is 1. The van der Waals surface area contributed by atoms with Crippen LogP contribution in [0.2, 0.25) is 5.02 Å². The van der Waals surface area contributed by atoms with E-state index in [4.69, 9.17) is 28.6 Å². The monoisotopic (exact) mass is 571 g/mol. The molecule has 1 aliphatic heterocycles.